The molecule has 1 saturated heterocycles. The normalized spacial score (nSPS) is 28.9. The Morgan fingerprint density at radius 1 is 1.33 bits per heavy atom. The average molecular weight is 268 g/mol. The van der Waals surface area contributed by atoms with Crippen molar-refractivity contribution < 1.29 is 4.74 Å². The van der Waals surface area contributed by atoms with Crippen LogP contribution >= 0.6 is 15.9 Å². The first kappa shape index (κ1) is 9.67. The van der Waals surface area contributed by atoms with Gasteiger partial charge in [-0.15, -0.1) is 0 Å². The highest BCUT2D eigenvalue weighted by Gasteiger charge is 2.33. The van der Waals surface area contributed by atoms with Crippen LogP contribution in [0.15, 0.2) is 22.7 Å². The van der Waals surface area contributed by atoms with Crippen LogP contribution in [-0.4, -0.2) is 19.7 Å². The predicted molar refractivity (Wildman–Crippen MR) is 63.4 cm³/mol. The molecule has 2 atom stereocenters. The fourth-order valence-electron chi connectivity index (χ4n) is 2.70. The van der Waals surface area contributed by atoms with E-state index in [0.29, 0.717) is 5.92 Å². The van der Waals surface area contributed by atoms with Crippen LogP contribution in [-0.2, 0) is 0 Å². The first-order valence-electron chi connectivity index (χ1n) is 5.48. The van der Waals surface area contributed by atoms with Crippen LogP contribution < -0.4 is 10.1 Å². The SMILES string of the molecule is Brc1cccc2c1[C@H]1CNC[C@@H]1CCO2. The minimum atomic E-state index is 0.623. The average Bonchev–Trinajstić information content (AvgIpc) is 2.60. The molecular weight excluding hydrogens is 254 g/mol. The Hall–Kier alpha value is -0.540. The van der Waals surface area contributed by atoms with Gasteiger partial charge >= 0.3 is 0 Å². The van der Waals surface area contributed by atoms with Gasteiger partial charge in [-0.25, -0.2) is 0 Å². The van der Waals surface area contributed by atoms with Crippen molar-refractivity contribution in [2.75, 3.05) is 19.7 Å². The Labute approximate surface area is 98.1 Å². The molecule has 0 aromatic heterocycles. The van der Waals surface area contributed by atoms with Crippen LogP contribution in [0.5, 0.6) is 5.75 Å². The summed E-state index contributed by atoms with van der Waals surface area (Å²) in [6.07, 6.45) is 1.17. The number of halogens is 1. The summed E-state index contributed by atoms with van der Waals surface area (Å²) < 4.78 is 7.00. The lowest BCUT2D eigenvalue weighted by molar-refractivity contribution is 0.296. The molecule has 0 amide bonds. The molecule has 1 aromatic rings. The molecule has 80 valence electrons. The van der Waals surface area contributed by atoms with E-state index in [1.165, 1.54) is 16.5 Å². The van der Waals surface area contributed by atoms with E-state index in [-0.39, 0.29) is 0 Å². The van der Waals surface area contributed by atoms with E-state index in [1.54, 1.807) is 0 Å². The lowest BCUT2D eigenvalue weighted by atomic mass is 9.87. The van der Waals surface area contributed by atoms with Gasteiger partial charge in [0.15, 0.2) is 0 Å². The molecule has 0 bridgehead atoms. The summed E-state index contributed by atoms with van der Waals surface area (Å²) in [5, 5.41) is 3.48. The zero-order valence-electron chi connectivity index (χ0n) is 8.50. The summed E-state index contributed by atoms with van der Waals surface area (Å²) in [7, 11) is 0. The van der Waals surface area contributed by atoms with E-state index in [9.17, 15) is 0 Å². The van der Waals surface area contributed by atoms with Crippen LogP contribution in [0, 0.1) is 5.92 Å². The van der Waals surface area contributed by atoms with E-state index in [1.807, 2.05) is 6.07 Å². The number of benzene rings is 1. The zero-order chi connectivity index (χ0) is 10.3. The minimum Gasteiger partial charge on any atom is -0.493 e. The van der Waals surface area contributed by atoms with Crippen LogP contribution in [0.1, 0.15) is 17.9 Å². The maximum Gasteiger partial charge on any atom is 0.123 e. The largest absolute Gasteiger partial charge is 0.493 e. The second kappa shape index (κ2) is 3.80. The van der Waals surface area contributed by atoms with E-state index < -0.39 is 0 Å². The molecule has 2 heterocycles. The Balaban J connectivity index is 2.10. The third kappa shape index (κ3) is 1.58. The molecule has 2 aliphatic heterocycles. The molecule has 1 aromatic carbocycles. The summed E-state index contributed by atoms with van der Waals surface area (Å²) in [5.41, 5.74) is 1.37. The van der Waals surface area contributed by atoms with Crippen molar-refractivity contribution in [2.45, 2.75) is 12.3 Å². The molecule has 0 spiro atoms. The van der Waals surface area contributed by atoms with Gasteiger partial charge in [0.2, 0.25) is 0 Å². The van der Waals surface area contributed by atoms with Crippen molar-refractivity contribution in [2.24, 2.45) is 5.92 Å². The quantitative estimate of drug-likeness (QED) is 0.780. The van der Waals surface area contributed by atoms with E-state index in [0.717, 1.165) is 31.4 Å². The van der Waals surface area contributed by atoms with E-state index in [2.05, 4.69) is 33.4 Å². The number of nitrogens with one attached hydrogen (secondary N) is 1. The van der Waals surface area contributed by atoms with Gasteiger partial charge < -0.3 is 10.1 Å². The summed E-state index contributed by atoms with van der Waals surface area (Å²) in [6, 6.07) is 6.25. The van der Waals surface area contributed by atoms with Crippen LogP contribution in [0.2, 0.25) is 0 Å². The van der Waals surface area contributed by atoms with Crippen LogP contribution in [0.4, 0.5) is 0 Å². The minimum absolute atomic E-state index is 0.623. The van der Waals surface area contributed by atoms with Gasteiger partial charge in [-0.3, -0.25) is 0 Å². The number of rotatable bonds is 0. The lowest BCUT2D eigenvalue weighted by Crippen LogP contribution is -2.11. The maximum absolute atomic E-state index is 5.81. The van der Waals surface area contributed by atoms with Crippen LogP contribution in [0.3, 0.4) is 0 Å². The topological polar surface area (TPSA) is 21.3 Å². The first-order chi connectivity index (χ1) is 7.36. The van der Waals surface area contributed by atoms with Gasteiger partial charge in [0.1, 0.15) is 5.75 Å². The third-order valence-electron chi connectivity index (χ3n) is 3.47. The van der Waals surface area contributed by atoms with Gasteiger partial charge in [-0.2, -0.15) is 0 Å². The summed E-state index contributed by atoms with van der Waals surface area (Å²) in [5.74, 6) is 2.43. The number of ether oxygens (including phenoxy) is 1. The lowest BCUT2D eigenvalue weighted by Gasteiger charge is -2.17. The fraction of sp³-hybridized carbons (Fsp3) is 0.500. The Bertz CT molecular complexity index is 380. The fourth-order valence-corrected chi connectivity index (χ4v) is 3.34. The highest BCUT2D eigenvalue weighted by Crippen LogP contribution is 2.42. The zero-order valence-corrected chi connectivity index (χ0v) is 10.1. The van der Waals surface area contributed by atoms with Crippen molar-refractivity contribution >= 4 is 15.9 Å². The molecule has 2 nitrogen and oxygen atoms in total. The van der Waals surface area contributed by atoms with Gasteiger partial charge in [-0.05, 0) is 31.0 Å². The monoisotopic (exact) mass is 267 g/mol. The maximum atomic E-state index is 5.81. The van der Waals surface area contributed by atoms with E-state index >= 15 is 0 Å². The van der Waals surface area contributed by atoms with Gasteiger partial charge in [-0.1, -0.05) is 22.0 Å². The van der Waals surface area contributed by atoms with Crippen molar-refractivity contribution in [3.63, 3.8) is 0 Å². The summed E-state index contributed by atoms with van der Waals surface area (Å²) in [6.45, 7) is 3.07. The van der Waals surface area contributed by atoms with E-state index in [4.69, 9.17) is 4.74 Å². The number of hydrogen-bond acceptors (Lipinski definition) is 2. The molecule has 3 rings (SSSR count). The van der Waals surface area contributed by atoms with Crippen molar-refractivity contribution in [3.8, 4) is 5.75 Å². The smallest absolute Gasteiger partial charge is 0.123 e. The molecule has 0 aliphatic carbocycles. The highest BCUT2D eigenvalue weighted by atomic mass is 79.9. The molecule has 0 saturated carbocycles. The number of fused-ring (bicyclic) bond motifs is 3. The molecular formula is C12H14BrNO. The molecule has 1 fully saturated rings. The predicted octanol–water partition coefficient (Wildman–Crippen LogP) is 2.53. The van der Waals surface area contributed by atoms with Crippen molar-refractivity contribution in [1.82, 2.24) is 5.32 Å². The Kier molecular flexibility index (Phi) is 2.45. The highest BCUT2D eigenvalue weighted by molar-refractivity contribution is 9.10. The second-order valence-corrected chi connectivity index (χ2v) is 5.17. The van der Waals surface area contributed by atoms with Crippen molar-refractivity contribution in [1.29, 1.82) is 0 Å². The summed E-state index contributed by atoms with van der Waals surface area (Å²) in [4.78, 5) is 0. The molecule has 0 radical (unpaired) electrons. The molecule has 15 heavy (non-hydrogen) atoms. The number of hydrogen-bond donors (Lipinski definition) is 1. The Morgan fingerprint density at radius 3 is 3.20 bits per heavy atom. The molecule has 2 aliphatic rings. The second-order valence-electron chi connectivity index (χ2n) is 4.31. The molecule has 0 unspecified atom stereocenters. The van der Waals surface area contributed by atoms with Crippen molar-refractivity contribution in [3.05, 3.63) is 28.2 Å². The molecule has 3 heteroatoms. The van der Waals surface area contributed by atoms with Crippen LogP contribution in [0.25, 0.3) is 0 Å². The first-order valence-corrected chi connectivity index (χ1v) is 6.27. The summed E-state index contributed by atoms with van der Waals surface area (Å²) >= 11 is 3.65. The molecule has 1 N–H and O–H groups in total. The third-order valence-corrected chi connectivity index (χ3v) is 4.16. The van der Waals surface area contributed by atoms with Gasteiger partial charge in [0, 0.05) is 22.5 Å². The Morgan fingerprint density at radius 2 is 2.27 bits per heavy atom. The van der Waals surface area contributed by atoms with Gasteiger partial charge in [0.05, 0.1) is 6.61 Å². The standard InChI is InChI=1S/C12H14BrNO/c13-10-2-1-3-11-12(10)9-7-14-6-8(9)4-5-15-11/h1-3,8-9,14H,4-7H2/t8-,9-/m0/s1. The van der Waals surface area contributed by atoms with Gasteiger partial charge in [0.25, 0.3) is 0 Å².